The number of phenols is 1. The number of fused-ring (bicyclic) bond motifs is 2. The molecule has 96 valence electrons. The van der Waals surface area contributed by atoms with Gasteiger partial charge in [-0.3, -0.25) is 0 Å². The minimum Gasteiger partial charge on any atom is -0.504 e. The topological polar surface area (TPSA) is 46.0 Å². The Morgan fingerprint density at radius 1 is 1.00 bits per heavy atom. The molecule has 3 nitrogen and oxygen atoms in total. The highest BCUT2D eigenvalue weighted by Gasteiger charge is 2.12. The van der Waals surface area contributed by atoms with Crippen molar-refractivity contribution in [1.82, 2.24) is 9.97 Å². The summed E-state index contributed by atoms with van der Waals surface area (Å²) in [5.41, 5.74) is 4.01. The first-order valence-electron chi connectivity index (χ1n) is 5.87. The third-order valence-corrected chi connectivity index (χ3v) is 4.28. The molecule has 0 aliphatic rings. The van der Waals surface area contributed by atoms with Gasteiger partial charge in [-0.1, -0.05) is 13.0 Å². The molecule has 0 saturated carbocycles. The van der Waals surface area contributed by atoms with Gasteiger partial charge < -0.3 is 5.11 Å². The second-order valence-electron chi connectivity index (χ2n) is 4.29. The number of aryl methyl sites for hydroxylation is 1. The lowest BCUT2D eigenvalue weighted by Crippen LogP contribution is -1.91. The molecule has 0 amide bonds. The fourth-order valence-electron chi connectivity index (χ4n) is 2.01. The standard InChI is InChI=1S/C14H10Br2N2O/c1-2-7-3-4-10-11(5-7)18-12-8(15)6-9(16)14(19)13(12)17-10/h3-6,19H,2H2,1H3. The monoisotopic (exact) mass is 380 g/mol. The molecule has 0 aliphatic heterocycles. The maximum absolute atomic E-state index is 10.1. The van der Waals surface area contributed by atoms with Gasteiger partial charge in [0.1, 0.15) is 11.0 Å². The molecule has 3 aromatic rings. The zero-order valence-corrected chi connectivity index (χ0v) is 13.3. The summed E-state index contributed by atoms with van der Waals surface area (Å²) in [5.74, 6) is 0.118. The van der Waals surface area contributed by atoms with Gasteiger partial charge in [-0.05, 0) is 62.0 Å². The Hall–Kier alpha value is -1.20. The molecule has 2 aromatic carbocycles. The van der Waals surface area contributed by atoms with Crippen molar-refractivity contribution in [3.05, 3.63) is 38.8 Å². The van der Waals surface area contributed by atoms with Crippen LogP contribution in [0.5, 0.6) is 5.75 Å². The average Bonchev–Trinajstić information content (AvgIpc) is 2.42. The summed E-state index contributed by atoms with van der Waals surface area (Å²) in [5, 5.41) is 10.1. The van der Waals surface area contributed by atoms with Crippen LogP contribution in [0.25, 0.3) is 22.1 Å². The maximum atomic E-state index is 10.1. The SMILES string of the molecule is CCc1ccc2nc3c(O)c(Br)cc(Br)c3nc2c1. The summed E-state index contributed by atoms with van der Waals surface area (Å²) in [6.45, 7) is 2.11. The molecule has 3 rings (SSSR count). The number of aromatic nitrogens is 2. The maximum Gasteiger partial charge on any atom is 0.157 e. The van der Waals surface area contributed by atoms with Crippen LogP contribution in [0, 0.1) is 0 Å². The number of hydrogen-bond donors (Lipinski definition) is 1. The molecule has 0 unspecified atom stereocenters. The molecule has 1 aromatic heterocycles. The van der Waals surface area contributed by atoms with Gasteiger partial charge in [0, 0.05) is 4.47 Å². The number of nitrogens with zero attached hydrogens (tertiary/aromatic N) is 2. The fraction of sp³-hybridized carbons (Fsp3) is 0.143. The van der Waals surface area contributed by atoms with Gasteiger partial charge in [0.2, 0.25) is 0 Å². The number of phenolic OH excluding ortho intramolecular Hbond substituents is 1. The first-order valence-corrected chi connectivity index (χ1v) is 7.46. The van der Waals surface area contributed by atoms with Crippen molar-refractivity contribution in [2.45, 2.75) is 13.3 Å². The van der Waals surface area contributed by atoms with Crippen molar-refractivity contribution < 1.29 is 5.11 Å². The highest BCUT2D eigenvalue weighted by Crippen LogP contribution is 2.36. The first kappa shape index (κ1) is 12.8. The minimum atomic E-state index is 0.118. The zero-order chi connectivity index (χ0) is 13.6. The smallest absolute Gasteiger partial charge is 0.157 e. The third-order valence-electron chi connectivity index (χ3n) is 3.07. The van der Waals surface area contributed by atoms with Gasteiger partial charge in [0.05, 0.1) is 15.5 Å². The van der Waals surface area contributed by atoms with Crippen molar-refractivity contribution in [3.8, 4) is 5.75 Å². The zero-order valence-electron chi connectivity index (χ0n) is 10.1. The normalized spacial score (nSPS) is 11.3. The van der Waals surface area contributed by atoms with Crippen LogP contribution in [0.1, 0.15) is 12.5 Å². The summed E-state index contributed by atoms with van der Waals surface area (Å²) in [6.07, 6.45) is 0.961. The van der Waals surface area contributed by atoms with E-state index in [9.17, 15) is 5.11 Å². The number of aromatic hydroxyl groups is 1. The predicted molar refractivity (Wildman–Crippen MR) is 83.5 cm³/mol. The van der Waals surface area contributed by atoms with E-state index in [1.807, 2.05) is 18.2 Å². The van der Waals surface area contributed by atoms with Crippen LogP contribution < -0.4 is 0 Å². The van der Waals surface area contributed by atoms with E-state index in [4.69, 9.17) is 0 Å². The quantitative estimate of drug-likeness (QED) is 0.627. The highest BCUT2D eigenvalue weighted by atomic mass is 79.9. The molecule has 1 heterocycles. The van der Waals surface area contributed by atoms with E-state index in [0.29, 0.717) is 15.5 Å². The second kappa shape index (κ2) is 4.72. The van der Waals surface area contributed by atoms with Crippen molar-refractivity contribution >= 4 is 53.9 Å². The molecule has 0 bridgehead atoms. The van der Waals surface area contributed by atoms with Crippen LogP contribution in [-0.4, -0.2) is 15.1 Å². The van der Waals surface area contributed by atoms with Crippen LogP contribution in [0.3, 0.4) is 0 Å². The summed E-state index contributed by atoms with van der Waals surface area (Å²) >= 11 is 6.77. The summed E-state index contributed by atoms with van der Waals surface area (Å²) in [4.78, 5) is 9.10. The predicted octanol–water partition coefficient (Wildman–Crippen LogP) is 4.58. The Kier molecular flexibility index (Phi) is 3.19. The van der Waals surface area contributed by atoms with Gasteiger partial charge >= 0.3 is 0 Å². The summed E-state index contributed by atoms with van der Waals surface area (Å²) in [7, 11) is 0. The third kappa shape index (κ3) is 2.11. The van der Waals surface area contributed by atoms with Crippen LogP contribution in [0.2, 0.25) is 0 Å². The molecule has 0 radical (unpaired) electrons. The van der Waals surface area contributed by atoms with Gasteiger partial charge in [-0.2, -0.15) is 0 Å². The Morgan fingerprint density at radius 3 is 2.47 bits per heavy atom. The van der Waals surface area contributed by atoms with Gasteiger partial charge in [0.15, 0.2) is 5.75 Å². The van der Waals surface area contributed by atoms with Crippen LogP contribution in [0.4, 0.5) is 0 Å². The van der Waals surface area contributed by atoms with Crippen LogP contribution in [0.15, 0.2) is 33.2 Å². The molecule has 0 atom stereocenters. The number of rotatable bonds is 1. The Labute approximate surface area is 126 Å². The lowest BCUT2D eigenvalue weighted by Gasteiger charge is -2.07. The Balaban J connectivity index is 2.44. The lowest BCUT2D eigenvalue weighted by atomic mass is 10.1. The van der Waals surface area contributed by atoms with Crippen molar-refractivity contribution in [2.24, 2.45) is 0 Å². The number of halogens is 2. The van der Waals surface area contributed by atoms with E-state index in [1.165, 1.54) is 5.56 Å². The summed E-state index contributed by atoms with van der Waals surface area (Å²) < 4.78 is 1.41. The Bertz CT molecular complexity index is 802. The van der Waals surface area contributed by atoms with Crippen molar-refractivity contribution in [1.29, 1.82) is 0 Å². The molecule has 0 spiro atoms. The average molecular weight is 382 g/mol. The van der Waals surface area contributed by atoms with Gasteiger partial charge in [-0.25, -0.2) is 9.97 Å². The van der Waals surface area contributed by atoms with Crippen molar-refractivity contribution in [3.63, 3.8) is 0 Å². The molecule has 0 saturated heterocycles. The van der Waals surface area contributed by atoms with E-state index in [0.717, 1.165) is 21.9 Å². The molecule has 1 N–H and O–H groups in total. The number of benzene rings is 2. The van der Waals surface area contributed by atoms with E-state index >= 15 is 0 Å². The number of hydrogen-bond acceptors (Lipinski definition) is 3. The second-order valence-corrected chi connectivity index (χ2v) is 5.99. The molecule has 0 fully saturated rings. The minimum absolute atomic E-state index is 0.118. The van der Waals surface area contributed by atoms with Gasteiger partial charge in [-0.15, -0.1) is 0 Å². The fourth-order valence-corrected chi connectivity index (χ4v) is 3.24. The Morgan fingerprint density at radius 2 is 1.74 bits per heavy atom. The van der Waals surface area contributed by atoms with Crippen molar-refractivity contribution in [2.75, 3.05) is 0 Å². The highest BCUT2D eigenvalue weighted by molar-refractivity contribution is 9.11. The molecular formula is C14H10Br2N2O. The molecule has 0 aliphatic carbocycles. The summed E-state index contributed by atoms with van der Waals surface area (Å²) in [6, 6.07) is 7.79. The van der Waals surface area contributed by atoms with E-state index in [-0.39, 0.29) is 5.75 Å². The molecule has 5 heteroatoms. The molecular weight excluding hydrogens is 372 g/mol. The first-order chi connectivity index (χ1) is 9.10. The van der Waals surface area contributed by atoms with Gasteiger partial charge in [0.25, 0.3) is 0 Å². The largest absolute Gasteiger partial charge is 0.504 e. The molecule has 19 heavy (non-hydrogen) atoms. The van der Waals surface area contributed by atoms with E-state index < -0.39 is 0 Å². The lowest BCUT2D eigenvalue weighted by molar-refractivity contribution is 0.477. The van der Waals surface area contributed by atoms with Crippen LogP contribution >= 0.6 is 31.9 Å². The van der Waals surface area contributed by atoms with Crippen LogP contribution in [-0.2, 0) is 6.42 Å². The van der Waals surface area contributed by atoms with E-state index in [2.05, 4.69) is 48.8 Å². The van der Waals surface area contributed by atoms with E-state index in [1.54, 1.807) is 6.07 Å².